The fraction of sp³-hybridized carbons (Fsp3) is 0.423. The molecule has 4 rings (SSSR count). The first-order valence-corrected chi connectivity index (χ1v) is 14.5. The van der Waals surface area contributed by atoms with E-state index in [0.29, 0.717) is 30.5 Å². The van der Waals surface area contributed by atoms with E-state index < -0.39 is 8.32 Å². The van der Waals surface area contributed by atoms with Crippen LogP contribution in [0.3, 0.4) is 0 Å². The molecule has 33 heavy (non-hydrogen) atoms. The van der Waals surface area contributed by atoms with E-state index in [1.165, 1.54) is 11.1 Å². The zero-order valence-electron chi connectivity index (χ0n) is 20.1. The van der Waals surface area contributed by atoms with Crippen molar-refractivity contribution < 1.29 is 9.22 Å². The minimum Gasteiger partial charge on any atom is -0.415 e. The highest BCUT2D eigenvalue weighted by atomic mass is 28.4. The fourth-order valence-corrected chi connectivity index (χ4v) is 5.18. The molecule has 0 unspecified atom stereocenters. The Hall–Kier alpha value is -2.77. The normalized spacial score (nSPS) is 14.5. The number of carbonyl (C=O) groups is 1. The number of carbonyl (C=O) groups excluding carboxylic acids is 1. The maximum absolute atomic E-state index is 12.9. The molecule has 1 aliphatic rings. The first-order valence-electron chi connectivity index (χ1n) is 11.5. The molecule has 1 aromatic carbocycles. The Morgan fingerprint density at radius 2 is 1.88 bits per heavy atom. The molecule has 174 valence electrons. The summed E-state index contributed by atoms with van der Waals surface area (Å²) in [7, 11) is -1.89. The fourth-order valence-electron chi connectivity index (χ4n) is 4.14. The molecule has 0 saturated heterocycles. The van der Waals surface area contributed by atoms with Crippen molar-refractivity contribution in [3.63, 3.8) is 0 Å². The maximum atomic E-state index is 12.9. The second-order valence-electron chi connectivity index (χ2n) is 10.4. The molecule has 2 heterocycles. The molecule has 1 aliphatic carbocycles. The van der Waals surface area contributed by atoms with Crippen molar-refractivity contribution in [2.24, 2.45) is 0 Å². The molecule has 3 aromatic rings. The van der Waals surface area contributed by atoms with Crippen LogP contribution in [0.2, 0.25) is 18.1 Å². The molecular weight excluding hydrogens is 430 g/mol. The second-order valence-corrected chi connectivity index (χ2v) is 15.3. The van der Waals surface area contributed by atoms with Crippen LogP contribution in [-0.2, 0) is 23.8 Å². The number of aromatic nitrogens is 2. The average molecular weight is 464 g/mol. The third kappa shape index (κ3) is 4.79. The second kappa shape index (κ2) is 8.87. The number of hydrogen-bond acceptors (Lipinski definition) is 5. The van der Waals surface area contributed by atoms with E-state index in [0.717, 1.165) is 18.5 Å². The van der Waals surface area contributed by atoms with Gasteiger partial charge < -0.3 is 14.3 Å². The van der Waals surface area contributed by atoms with Gasteiger partial charge in [0.1, 0.15) is 5.65 Å². The lowest BCUT2D eigenvalue weighted by molar-refractivity contribution is 0.112. The van der Waals surface area contributed by atoms with Gasteiger partial charge in [-0.25, -0.2) is 4.98 Å². The topological polar surface area (TPSA) is 73.2 Å². The van der Waals surface area contributed by atoms with Gasteiger partial charge in [-0.1, -0.05) is 45.0 Å². The Morgan fingerprint density at radius 3 is 2.48 bits per heavy atom. The average Bonchev–Trinajstić information content (AvgIpc) is 3.17. The third-order valence-corrected chi connectivity index (χ3v) is 11.6. The van der Waals surface area contributed by atoms with Crippen LogP contribution in [0.25, 0.3) is 11.0 Å². The van der Waals surface area contributed by atoms with Gasteiger partial charge in [-0.05, 0) is 48.2 Å². The summed E-state index contributed by atoms with van der Waals surface area (Å²) in [6, 6.07) is 10.5. The van der Waals surface area contributed by atoms with Gasteiger partial charge in [-0.3, -0.25) is 9.59 Å². The van der Waals surface area contributed by atoms with E-state index in [9.17, 15) is 9.59 Å². The smallest absolute Gasteiger partial charge is 0.201 e. The molecule has 1 N–H and O–H groups in total. The third-order valence-electron chi connectivity index (χ3n) is 7.09. The van der Waals surface area contributed by atoms with Crippen LogP contribution in [0.15, 0.2) is 47.5 Å². The van der Waals surface area contributed by atoms with Gasteiger partial charge >= 0.3 is 0 Å². The molecule has 6 nitrogen and oxygen atoms in total. The summed E-state index contributed by atoms with van der Waals surface area (Å²) in [6.45, 7) is 12.1. The Kier molecular flexibility index (Phi) is 6.29. The minimum absolute atomic E-state index is 0.116. The lowest BCUT2D eigenvalue weighted by Crippen LogP contribution is -2.41. The number of pyridine rings is 2. The molecule has 0 atom stereocenters. The minimum atomic E-state index is -1.89. The van der Waals surface area contributed by atoms with Crippen LogP contribution in [0.5, 0.6) is 0 Å². The predicted octanol–water partition coefficient (Wildman–Crippen LogP) is 4.81. The zero-order valence-corrected chi connectivity index (χ0v) is 21.1. The van der Waals surface area contributed by atoms with Gasteiger partial charge in [-0.15, -0.1) is 0 Å². The molecule has 0 spiro atoms. The standard InChI is InChI=1S/C26H33N3O3Si/c1-26(2,3)33(4,5)32-11-10-29-16-20(17-30)24(31)23-14-22(15-27-25(23)29)28-21-12-18-8-6-7-9-19(18)13-21/h6-9,14-17,21,28H,10-13H2,1-5H3. The van der Waals surface area contributed by atoms with E-state index in [4.69, 9.17) is 4.43 Å². The molecule has 0 saturated carbocycles. The largest absolute Gasteiger partial charge is 0.415 e. The number of rotatable bonds is 7. The Morgan fingerprint density at radius 1 is 1.21 bits per heavy atom. The van der Waals surface area contributed by atoms with E-state index >= 15 is 0 Å². The summed E-state index contributed by atoms with van der Waals surface area (Å²) >= 11 is 0. The number of hydrogen-bond donors (Lipinski definition) is 1. The first-order chi connectivity index (χ1) is 15.6. The molecule has 0 fully saturated rings. The Bertz CT molecular complexity index is 1220. The van der Waals surface area contributed by atoms with E-state index in [1.807, 2.05) is 10.6 Å². The zero-order chi connectivity index (χ0) is 23.8. The maximum Gasteiger partial charge on any atom is 0.201 e. The lowest BCUT2D eigenvalue weighted by atomic mass is 10.1. The Labute approximate surface area is 196 Å². The van der Waals surface area contributed by atoms with Crippen molar-refractivity contribution in [1.82, 2.24) is 9.55 Å². The highest BCUT2D eigenvalue weighted by molar-refractivity contribution is 6.74. The van der Waals surface area contributed by atoms with Crippen molar-refractivity contribution in [2.45, 2.75) is 64.3 Å². The SMILES string of the molecule is CC(C)(C)[Si](C)(C)OCCn1cc(C=O)c(=O)c2cc(NC3Cc4ccccc4C3)cnc21. The summed E-state index contributed by atoms with van der Waals surface area (Å²) in [5, 5.41) is 4.09. The molecular formula is C26H33N3O3Si. The molecule has 2 aromatic heterocycles. The monoisotopic (exact) mass is 463 g/mol. The van der Waals surface area contributed by atoms with Crippen LogP contribution >= 0.6 is 0 Å². The lowest BCUT2D eigenvalue weighted by Gasteiger charge is -2.36. The highest BCUT2D eigenvalue weighted by Gasteiger charge is 2.36. The summed E-state index contributed by atoms with van der Waals surface area (Å²) in [4.78, 5) is 29.1. The van der Waals surface area contributed by atoms with Crippen molar-refractivity contribution in [1.29, 1.82) is 0 Å². The molecule has 0 amide bonds. The van der Waals surface area contributed by atoms with Crippen LogP contribution in [0.4, 0.5) is 5.69 Å². The number of benzene rings is 1. The summed E-state index contributed by atoms with van der Waals surface area (Å²) in [6.07, 6.45) is 5.88. The van der Waals surface area contributed by atoms with Gasteiger partial charge in [0, 0.05) is 18.8 Å². The number of fused-ring (bicyclic) bond motifs is 2. The number of nitrogens with zero attached hydrogens (tertiary/aromatic N) is 2. The summed E-state index contributed by atoms with van der Waals surface area (Å²) in [5.74, 6) is 0. The van der Waals surface area contributed by atoms with Crippen LogP contribution in [0.1, 0.15) is 42.3 Å². The van der Waals surface area contributed by atoms with E-state index in [2.05, 4.69) is 68.4 Å². The summed E-state index contributed by atoms with van der Waals surface area (Å²) < 4.78 is 8.17. The number of aldehydes is 1. The molecule has 7 heteroatoms. The molecule has 0 bridgehead atoms. The van der Waals surface area contributed by atoms with Crippen molar-refractivity contribution >= 4 is 31.3 Å². The first kappa shape index (κ1) is 23.4. The van der Waals surface area contributed by atoms with Gasteiger partial charge in [0.15, 0.2) is 14.6 Å². The quantitative estimate of drug-likeness (QED) is 0.402. The molecule has 0 radical (unpaired) electrons. The van der Waals surface area contributed by atoms with Gasteiger partial charge in [-0.2, -0.15) is 0 Å². The van der Waals surface area contributed by atoms with E-state index in [-0.39, 0.29) is 22.1 Å². The van der Waals surface area contributed by atoms with Crippen molar-refractivity contribution in [3.8, 4) is 0 Å². The van der Waals surface area contributed by atoms with Gasteiger partial charge in [0.25, 0.3) is 0 Å². The van der Waals surface area contributed by atoms with Crippen LogP contribution in [0, 0.1) is 0 Å². The number of nitrogens with one attached hydrogen (secondary N) is 1. The van der Waals surface area contributed by atoms with Gasteiger partial charge in [0.05, 0.1) is 29.4 Å². The number of anilines is 1. The molecule has 0 aliphatic heterocycles. The van der Waals surface area contributed by atoms with Crippen LogP contribution < -0.4 is 10.7 Å². The Balaban J connectivity index is 1.57. The van der Waals surface area contributed by atoms with Crippen LogP contribution in [-0.4, -0.2) is 36.8 Å². The van der Waals surface area contributed by atoms with E-state index in [1.54, 1.807) is 12.4 Å². The summed E-state index contributed by atoms with van der Waals surface area (Å²) in [5.41, 5.74) is 3.94. The van der Waals surface area contributed by atoms with Crippen molar-refractivity contribution in [3.05, 3.63) is 69.6 Å². The highest BCUT2D eigenvalue weighted by Crippen LogP contribution is 2.36. The predicted molar refractivity (Wildman–Crippen MR) is 136 cm³/mol. The van der Waals surface area contributed by atoms with Crippen molar-refractivity contribution in [2.75, 3.05) is 11.9 Å². The van der Waals surface area contributed by atoms with Gasteiger partial charge in [0.2, 0.25) is 5.43 Å².